The standard InChI is InChI=1S/C4H10N2O/c1-3(7)4(6)2-5/h4H,2,5-6H2,1H3/t4-/m1/s1. The Balaban J connectivity index is 3.34. The van der Waals surface area contributed by atoms with Crippen molar-refractivity contribution in [3.05, 3.63) is 0 Å². The van der Waals surface area contributed by atoms with Crippen molar-refractivity contribution >= 4 is 5.78 Å². The molecule has 0 bridgehead atoms. The SMILES string of the molecule is CC(=O)[C@H](N)CN. The normalized spacial score (nSPS) is 13.6. The average Bonchev–Trinajstić information content (AvgIpc) is 1.65. The third-order valence-corrected chi connectivity index (χ3v) is 0.776. The van der Waals surface area contributed by atoms with Crippen molar-refractivity contribution in [2.45, 2.75) is 13.0 Å². The Morgan fingerprint density at radius 2 is 2.29 bits per heavy atom. The van der Waals surface area contributed by atoms with Crippen LogP contribution in [0.25, 0.3) is 0 Å². The highest BCUT2D eigenvalue weighted by Gasteiger charge is 2.01. The molecular weight excluding hydrogens is 92.1 g/mol. The van der Waals surface area contributed by atoms with Crippen LogP contribution in [-0.4, -0.2) is 18.4 Å². The molecule has 0 saturated heterocycles. The maximum Gasteiger partial charge on any atom is 0.147 e. The summed E-state index contributed by atoms with van der Waals surface area (Å²) in [5.74, 6) is -0.0532. The summed E-state index contributed by atoms with van der Waals surface area (Å²) in [5.41, 5.74) is 10.2. The van der Waals surface area contributed by atoms with Crippen LogP contribution in [0, 0.1) is 0 Å². The lowest BCUT2D eigenvalue weighted by Crippen LogP contribution is -2.35. The first-order valence-corrected chi connectivity index (χ1v) is 2.14. The van der Waals surface area contributed by atoms with E-state index in [9.17, 15) is 4.79 Å². The number of carbonyl (C=O) groups is 1. The molecule has 0 radical (unpaired) electrons. The van der Waals surface area contributed by atoms with Gasteiger partial charge in [-0.3, -0.25) is 4.79 Å². The molecule has 0 spiro atoms. The third-order valence-electron chi connectivity index (χ3n) is 0.776. The van der Waals surface area contributed by atoms with Crippen molar-refractivity contribution in [3.8, 4) is 0 Å². The van der Waals surface area contributed by atoms with E-state index in [0.717, 1.165) is 0 Å². The van der Waals surface area contributed by atoms with E-state index in [1.165, 1.54) is 6.92 Å². The molecule has 42 valence electrons. The molecule has 4 N–H and O–H groups in total. The highest BCUT2D eigenvalue weighted by Crippen LogP contribution is 1.72. The van der Waals surface area contributed by atoms with Crippen molar-refractivity contribution in [2.75, 3.05) is 6.54 Å². The Hall–Kier alpha value is -0.410. The Morgan fingerprint density at radius 3 is 2.29 bits per heavy atom. The zero-order valence-electron chi connectivity index (χ0n) is 4.35. The Morgan fingerprint density at radius 1 is 1.86 bits per heavy atom. The molecule has 0 aliphatic heterocycles. The van der Waals surface area contributed by atoms with Crippen molar-refractivity contribution in [2.24, 2.45) is 11.5 Å². The molecular formula is C4H10N2O. The second-order valence-corrected chi connectivity index (χ2v) is 1.45. The largest absolute Gasteiger partial charge is 0.328 e. The summed E-state index contributed by atoms with van der Waals surface area (Å²) < 4.78 is 0. The number of ketones is 1. The molecule has 3 heteroatoms. The van der Waals surface area contributed by atoms with Crippen molar-refractivity contribution in [1.82, 2.24) is 0 Å². The Labute approximate surface area is 42.7 Å². The predicted molar refractivity (Wildman–Crippen MR) is 27.7 cm³/mol. The molecule has 3 nitrogen and oxygen atoms in total. The van der Waals surface area contributed by atoms with Gasteiger partial charge in [0.2, 0.25) is 0 Å². The lowest BCUT2D eigenvalue weighted by atomic mass is 10.2. The zero-order valence-corrected chi connectivity index (χ0v) is 4.35. The fraction of sp³-hybridized carbons (Fsp3) is 0.750. The predicted octanol–water partition coefficient (Wildman–Crippen LogP) is -1.14. The van der Waals surface area contributed by atoms with Crippen LogP contribution in [0.1, 0.15) is 6.92 Å². The molecule has 1 atom stereocenters. The average molecular weight is 102 g/mol. The Kier molecular flexibility index (Phi) is 2.55. The van der Waals surface area contributed by atoms with Gasteiger partial charge in [0.05, 0.1) is 6.04 Å². The highest BCUT2D eigenvalue weighted by molar-refractivity contribution is 5.81. The van der Waals surface area contributed by atoms with Crippen LogP contribution < -0.4 is 11.5 Å². The molecule has 0 fully saturated rings. The van der Waals surface area contributed by atoms with E-state index < -0.39 is 6.04 Å². The van der Waals surface area contributed by atoms with Gasteiger partial charge in [0, 0.05) is 6.54 Å². The maximum atomic E-state index is 10.2. The van der Waals surface area contributed by atoms with Crippen LogP contribution >= 0.6 is 0 Å². The first-order valence-electron chi connectivity index (χ1n) is 2.14. The molecule has 0 unspecified atom stereocenters. The van der Waals surface area contributed by atoms with Gasteiger partial charge in [-0.25, -0.2) is 0 Å². The van der Waals surface area contributed by atoms with E-state index in [4.69, 9.17) is 11.5 Å². The van der Waals surface area contributed by atoms with Gasteiger partial charge in [-0.2, -0.15) is 0 Å². The quantitative estimate of drug-likeness (QED) is 0.463. The van der Waals surface area contributed by atoms with E-state index in [1.807, 2.05) is 0 Å². The lowest BCUT2D eigenvalue weighted by molar-refractivity contribution is -0.117. The fourth-order valence-corrected chi connectivity index (χ4v) is 0.166. The summed E-state index contributed by atoms with van der Waals surface area (Å²) in [6.45, 7) is 1.67. The maximum absolute atomic E-state index is 10.2. The number of hydrogen-bond acceptors (Lipinski definition) is 3. The molecule has 0 aromatic carbocycles. The molecule has 0 aliphatic carbocycles. The van der Waals surface area contributed by atoms with Crippen molar-refractivity contribution in [1.29, 1.82) is 0 Å². The van der Waals surface area contributed by atoms with Gasteiger partial charge in [0.15, 0.2) is 0 Å². The third kappa shape index (κ3) is 2.31. The lowest BCUT2D eigenvalue weighted by Gasteiger charge is -1.99. The summed E-state index contributed by atoms with van der Waals surface area (Å²) in [6, 6.07) is -0.458. The first-order chi connectivity index (χ1) is 3.18. The Bertz CT molecular complexity index is 72.1. The highest BCUT2D eigenvalue weighted by atomic mass is 16.1. The zero-order chi connectivity index (χ0) is 5.86. The van der Waals surface area contributed by atoms with Crippen molar-refractivity contribution in [3.63, 3.8) is 0 Å². The molecule has 0 amide bonds. The number of carbonyl (C=O) groups excluding carboxylic acids is 1. The van der Waals surface area contributed by atoms with E-state index in [1.54, 1.807) is 0 Å². The molecule has 0 heterocycles. The minimum atomic E-state index is -0.458. The van der Waals surface area contributed by atoms with Crippen LogP contribution in [0.5, 0.6) is 0 Å². The molecule has 0 rings (SSSR count). The molecule has 7 heavy (non-hydrogen) atoms. The van der Waals surface area contributed by atoms with Gasteiger partial charge >= 0.3 is 0 Å². The summed E-state index contributed by atoms with van der Waals surface area (Å²) >= 11 is 0. The van der Waals surface area contributed by atoms with Gasteiger partial charge in [0.1, 0.15) is 5.78 Å². The summed E-state index contributed by atoms with van der Waals surface area (Å²) in [4.78, 5) is 10.2. The molecule has 0 aromatic rings. The van der Waals surface area contributed by atoms with Gasteiger partial charge in [-0.05, 0) is 6.92 Å². The van der Waals surface area contributed by atoms with E-state index in [2.05, 4.69) is 0 Å². The smallest absolute Gasteiger partial charge is 0.147 e. The second-order valence-electron chi connectivity index (χ2n) is 1.45. The van der Waals surface area contributed by atoms with Crippen LogP contribution in [0.15, 0.2) is 0 Å². The van der Waals surface area contributed by atoms with E-state index in [0.29, 0.717) is 0 Å². The van der Waals surface area contributed by atoms with Gasteiger partial charge in [0.25, 0.3) is 0 Å². The van der Waals surface area contributed by atoms with E-state index in [-0.39, 0.29) is 12.3 Å². The fourth-order valence-electron chi connectivity index (χ4n) is 0.166. The molecule has 0 saturated carbocycles. The summed E-state index contributed by atoms with van der Waals surface area (Å²) in [6.07, 6.45) is 0. The topological polar surface area (TPSA) is 69.1 Å². The number of rotatable bonds is 2. The first kappa shape index (κ1) is 6.59. The number of Topliss-reactive ketones (excluding diaryl/α,β-unsaturated/α-hetero) is 1. The summed E-state index contributed by atoms with van der Waals surface area (Å²) in [5, 5.41) is 0. The number of hydrogen-bond donors (Lipinski definition) is 2. The molecule has 0 aliphatic rings. The number of nitrogens with two attached hydrogens (primary N) is 2. The van der Waals surface area contributed by atoms with Gasteiger partial charge < -0.3 is 11.5 Å². The van der Waals surface area contributed by atoms with Crippen LogP contribution in [0.2, 0.25) is 0 Å². The summed E-state index contributed by atoms with van der Waals surface area (Å²) in [7, 11) is 0. The molecule has 0 aromatic heterocycles. The van der Waals surface area contributed by atoms with E-state index >= 15 is 0 Å². The second kappa shape index (κ2) is 2.71. The van der Waals surface area contributed by atoms with Gasteiger partial charge in [-0.1, -0.05) is 0 Å². The van der Waals surface area contributed by atoms with Gasteiger partial charge in [-0.15, -0.1) is 0 Å². The minimum absolute atomic E-state index is 0.0532. The van der Waals surface area contributed by atoms with Crippen LogP contribution in [0.4, 0.5) is 0 Å². The van der Waals surface area contributed by atoms with Crippen LogP contribution in [-0.2, 0) is 4.79 Å². The van der Waals surface area contributed by atoms with Crippen molar-refractivity contribution < 1.29 is 4.79 Å². The van der Waals surface area contributed by atoms with Crippen LogP contribution in [0.3, 0.4) is 0 Å². The monoisotopic (exact) mass is 102 g/mol. The minimum Gasteiger partial charge on any atom is -0.328 e.